The average molecular weight is 529 g/mol. The molecule has 3 heterocycles. The topological polar surface area (TPSA) is 130 Å². The number of sulfone groups is 1. The van der Waals surface area contributed by atoms with Gasteiger partial charge in [-0.2, -0.15) is 23.1 Å². The first-order valence-electron chi connectivity index (χ1n) is 11.2. The van der Waals surface area contributed by atoms with Crippen molar-refractivity contribution < 1.29 is 31.1 Å². The van der Waals surface area contributed by atoms with E-state index >= 15 is 0 Å². The van der Waals surface area contributed by atoms with Gasteiger partial charge in [0.15, 0.2) is 5.44 Å². The largest absolute Gasteiger partial charge is 0.495 e. The van der Waals surface area contributed by atoms with Gasteiger partial charge in [-0.3, -0.25) is 0 Å². The molecule has 14 heteroatoms. The second kappa shape index (κ2) is 10.1. The summed E-state index contributed by atoms with van der Waals surface area (Å²) in [4.78, 5) is 11.0. The lowest BCUT2D eigenvalue weighted by Crippen LogP contribution is -2.43. The Balaban J connectivity index is 1.69. The zero-order chi connectivity index (χ0) is 26.1. The van der Waals surface area contributed by atoms with Gasteiger partial charge in [-0.1, -0.05) is 13.8 Å². The van der Waals surface area contributed by atoms with Gasteiger partial charge in [-0.25, -0.2) is 8.42 Å². The molecule has 1 aromatic carbocycles. The number of methoxy groups -OCH3 is 1. The average Bonchev–Trinajstić information content (AvgIpc) is 3.28. The molecule has 0 amide bonds. The van der Waals surface area contributed by atoms with E-state index in [9.17, 15) is 21.6 Å². The van der Waals surface area contributed by atoms with Crippen molar-refractivity contribution in [3.8, 4) is 5.75 Å². The van der Waals surface area contributed by atoms with E-state index in [-0.39, 0.29) is 52.5 Å². The van der Waals surface area contributed by atoms with Crippen LogP contribution in [0.1, 0.15) is 19.4 Å². The van der Waals surface area contributed by atoms with Crippen molar-refractivity contribution in [2.24, 2.45) is 5.92 Å². The molecule has 1 aliphatic heterocycles. The number of rotatable bonds is 8. The maximum atomic E-state index is 13.5. The number of fused-ring (bicyclic) bond motifs is 1. The number of nitrogens with zero attached hydrogens (tertiary/aromatic N) is 2. The minimum atomic E-state index is -4.59. The maximum Gasteiger partial charge on any atom is 0.418 e. The fourth-order valence-electron chi connectivity index (χ4n) is 3.71. The Hall–Kier alpha value is -3.10. The van der Waals surface area contributed by atoms with Crippen molar-refractivity contribution in [2.45, 2.75) is 30.4 Å². The highest BCUT2D eigenvalue weighted by Gasteiger charge is 2.36. The normalized spacial score (nSPS) is 16.9. The first-order chi connectivity index (χ1) is 17.0. The summed E-state index contributed by atoms with van der Waals surface area (Å²) in [6, 6.07) is 4.22. The monoisotopic (exact) mass is 528 g/mol. The molecule has 2 aromatic heterocycles. The molecule has 3 aromatic rings. The third kappa shape index (κ3) is 5.34. The Morgan fingerprint density at radius 3 is 2.69 bits per heavy atom. The van der Waals surface area contributed by atoms with Crippen LogP contribution in [0.25, 0.3) is 11.0 Å². The maximum absolute atomic E-state index is 13.5. The lowest BCUT2D eigenvalue weighted by Gasteiger charge is -2.24. The van der Waals surface area contributed by atoms with Crippen LogP contribution in [0.5, 0.6) is 5.75 Å². The Kier molecular flexibility index (Phi) is 7.29. The van der Waals surface area contributed by atoms with Gasteiger partial charge < -0.3 is 30.4 Å². The van der Waals surface area contributed by atoms with E-state index in [0.717, 1.165) is 6.20 Å². The quantitative estimate of drug-likeness (QED) is 0.347. The molecule has 4 N–H and O–H groups in total. The molecule has 1 saturated heterocycles. The van der Waals surface area contributed by atoms with Crippen LogP contribution in [0.15, 0.2) is 29.3 Å². The van der Waals surface area contributed by atoms with Gasteiger partial charge in [0.2, 0.25) is 15.8 Å². The van der Waals surface area contributed by atoms with Crippen LogP contribution in [0, 0.1) is 5.92 Å². The molecule has 36 heavy (non-hydrogen) atoms. The number of morpholine rings is 1. The number of H-pyrrole nitrogens is 1. The van der Waals surface area contributed by atoms with Crippen molar-refractivity contribution in [3.05, 3.63) is 30.0 Å². The number of benzene rings is 1. The summed E-state index contributed by atoms with van der Waals surface area (Å²) in [5.74, 6) is 0.350. The molecule has 0 bridgehead atoms. The molecule has 1 fully saturated rings. The molecule has 0 spiro atoms. The van der Waals surface area contributed by atoms with Crippen LogP contribution in [0.3, 0.4) is 0 Å². The number of aromatic nitrogens is 3. The van der Waals surface area contributed by atoms with Gasteiger partial charge in [0, 0.05) is 31.9 Å². The molecule has 0 saturated carbocycles. The second-order valence-electron chi connectivity index (χ2n) is 8.63. The Labute approximate surface area is 205 Å². The van der Waals surface area contributed by atoms with Crippen LogP contribution in [-0.4, -0.2) is 62.2 Å². The SMILES string of the molecule is COc1cc(S(=O)(=O)C2CNCCO2)ccc1Nc1nc(NCC(C)C)c2c(C(F)(F)F)c[nH]c2n1. The molecular formula is C22H27F3N6O4S. The number of halogens is 3. The molecule has 4 rings (SSSR count). The highest BCUT2D eigenvalue weighted by Crippen LogP contribution is 2.38. The Bertz CT molecular complexity index is 1340. The zero-order valence-corrected chi connectivity index (χ0v) is 20.7. The summed E-state index contributed by atoms with van der Waals surface area (Å²) in [5, 5.41) is 8.71. The zero-order valence-electron chi connectivity index (χ0n) is 19.9. The highest BCUT2D eigenvalue weighted by molar-refractivity contribution is 7.92. The number of alkyl halides is 3. The fraction of sp³-hybridized carbons (Fsp3) is 0.455. The minimum absolute atomic E-state index is 0.00180. The Morgan fingerprint density at radius 1 is 1.28 bits per heavy atom. The number of nitrogens with one attached hydrogen (secondary N) is 4. The standard InChI is InChI=1S/C22H27F3N6O4S/c1-12(2)9-27-19-18-14(22(23,24)25)10-28-20(18)31-21(30-19)29-15-5-4-13(8-16(15)34-3)36(32,33)17-11-26-6-7-35-17/h4-5,8,10,12,17,26H,6-7,9,11H2,1-3H3,(H3,27,28,29,30,31). The van der Waals surface area contributed by atoms with Gasteiger partial charge in [-0.05, 0) is 18.1 Å². The predicted octanol–water partition coefficient (Wildman–Crippen LogP) is 3.52. The summed E-state index contributed by atoms with van der Waals surface area (Å²) >= 11 is 0. The number of hydrogen-bond donors (Lipinski definition) is 4. The molecule has 0 aliphatic carbocycles. The molecule has 10 nitrogen and oxygen atoms in total. The van der Waals surface area contributed by atoms with Crippen LogP contribution in [0.2, 0.25) is 0 Å². The number of anilines is 3. The van der Waals surface area contributed by atoms with E-state index in [2.05, 4.69) is 30.9 Å². The van der Waals surface area contributed by atoms with Gasteiger partial charge in [-0.15, -0.1) is 0 Å². The lowest BCUT2D eigenvalue weighted by molar-refractivity contribution is -0.136. The number of hydrogen-bond acceptors (Lipinski definition) is 9. The molecule has 1 atom stereocenters. The van der Waals surface area contributed by atoms with Crippen LogP contribution in [-0.2, 0) is 20.8 Å². The van der Waals surface area contributed by atoms with Crippen molar-refractivity contribution in [1.29, 1.82) is 0 Å². The predicted molar refractivity (Wildman–Crippen MR) is 128 cm³/mol. The van der Waals surface area contributed by atoms with Crippen LogP contribution >= 0.6 is 0 Å². The highest BCUT2D eigenvalue weighted by atomic mass is 32.2. The van der Waals surface area contributed by atoms with Crippen molar-refractivity contribution in [1.82, 2.24) is 20.3 Å². The third-order valence-electron chi connectivity index (χ3n) is 5.50. The van der Waals surface area contributed by atoms with E-state index in [0.29, 0.717) is 18.8 Å². The van der Waals surface area contributed by atoms with Gasteiger partial charge in [0.1, 0.15) is 17.2 Å². The second-order valence-corrected chi connectivity index (χ2v) is 10.7. The van der Waals surface area contributed by atoms with E-state index in [1.165, 1.54) is 25.3 Å². The van der Waals surface area contributed by atoms with Crippen LogP contribution in [0.4, 0.5) is 30.6 Å². The fourth-order valence-corrected chi connectivity index (χ4v) is 5.15. The Morgan fingerprint density at radius 2 is 2.06 bits per heavy atom. The van der Waals surface area contributed by atoms with E-state index < -0.39 is 27.0 Å². The van der Waals surface area contributed by atoms with Gasteiger partial charge in [0.25, 0.3) is 0 Å². The van der Waals surface area contributed by atoms with Crippen molar-refractivity contribution >= 4 is 38.3 Å². The van der Waals surface area contributed by atoms with E-state index in [4.69, 9.17) is 9.47 Å². The molecule has 1 unspecified atom stereocenters. The number of aromatic amines is 1. The molecular weight excluding hydrogens is 501 g/mol. The summed E-state index contributed by atoms with van der Waals surface area (Å²) in [5.41, 5.74) is -1.57. The third-order valence-corrected chi connectivity index (χ3v) is 7.41. The summed E-state index contributed by atoms with van der Waals surface area (Å²) < 4.78 is 77.3. The summed E-state index contributed by atoms with van der Waals surface area (Å²) in [7, 11) is -2.42. The summed E-state index contributed by atoms with van der Waals surface area (Å²) in [6.45, 7) is 5.25. The van der Waals surface area contributed by atoms with E-state index in [1.807, 2.05) is 13.8 Å². The molecule has 196 valence electrons. The van der Waals surface area contributed by atoms with Gasteiger partial charge in [0.05, 0.1) is 35.2 Å². The lowest BCUT2D eigenvalue weighted by atomic mass is 10.2. The van der Waals surface area contributed by atoms with E-state index in [1.54, 1.807) is 0 Å². The molecule has 0 radical (unpaired) electrons. The molecule has 1 aliphatic rings. The van der Waals surface area contributed by atoms with Crippen molar-refractivity contribution in [3.63, 3.8) is 0 Å². The van der Waals surface area contributed by atoms with Crippen molar-refractivity contribution in [2.75, 3.05) is 44.0 Å². The van der Waals surface area contributed by atoms with Crippen LogP contribution < -0.4 is 20.7 Å². The first kappa shape index (κ1) is 26.0. The van der Waals surface area contributed by atoms with Gasteiger partial charge >= 0.3 is 6.18 Å². The number of ether oxygens (including phenoxy) is 2. The summed E-state index contributed by atoms with van der Waals surface area (Å²) in [6.07, 6.45) is -3.74. The minimum Gasteiger partial charge on any atom is -0.495 e. The smallest absolute Gasteiger partial charge is 0.418 e. The first-order valence-corrected chi connectivity index (χ1v) is 12.8.